The van der Waals surface area contributed by atoms with E-state index in [9.17, 15) is 0 Å². The first-order valence-corrected chi connectivity index (χ1v) is 5.49. The lowest BCUT2D eigenvalue weighted by atomic mass is 10.0. The maximum Gasteiger partial charge on any atom is 0.0643 e. The molecule has 0 amide bonds. The second-order valence-corrected chi connectivity index (χ2v) is 4.03. The number of aromatic nitrogens is 2. The lowest BCUT2D eigenvalue weighted by molar-refractivity contribution is 0.543. The Hall–Kier alpha value is -1.85. The number of hydrazine groups is 1. The number of rotatable bonds is 4. The minimum atomic E-state index is -0.0221. The zero-order valence-corrected chi connectivity index (χ0v) is 9.80. The van der Waals surface area contributed by atoms with Crippen molar-refractivity contribution in [3.8, 4) is 0 Å². The summed E-state index contributed by atoms with van der Waals surface area (Å²) in [6.45, 7) is 0. The number of hydrogen-bond donors (Lipinski definition) is 3. The second kappa shape index (κ2) is 4.99. The summed E-state index contributed by atoms with van der Waals surface area (Å²) in [5, 5.41) is 4.33. The highest BCUT2D eigenvalue weighted by molar-refractivity contribution is 5.48. The van der Waals surface area contributed by atoms with Crippen LogP contribution in [-0.4, -0.2) is 9.78 Å². The van der Waals surface area contributed by atoms with E-state index < -0.39 is 0 Å². The molecule has 0 fully saturated rings. The molecule has 1 unspecified atom stereocenters. The van der Waals surface area contributed by atoms with Gasteiger partial charge in [0.15, 0.2) is 0 Å². The van der Waals surface area contributed by atoms with Gasteiger partial charge in [0.25, 0.3) is 0 Å². The fourth-order valence-electron chi connectivity index (χ4n) is 1.87. The molecule has 5 nitrogen and oxygen atoms in total. The number of nitrogens with two attached hydrogens (primary N) is 2. The molecule has 1 aromatic heterocycles. The lowest BCUT2D eigenvalue weighted by Gasteiger charge is -2.17. The van der Waals surface area contributed by atoms with Crippen LogP contribution in [-0.2, 0) is 13.5 Å². The van der Waals surface area contributed by atoms with Gasteiger partial charge in [-0.1, -0.05) is 18.2 Å². The van der Waals surface area contributed by atoms with Crippen molar-refractivity contribution in [3.05, 3.63) is 47.8 Å². The van der Waals surface area contributed by atoms with E-state index in [-0.39, 0.29) is 6.04 Å². The minimum absolute atomic E-state index is 0.0221. The quantitative estimate of drug-likeness (QED) is 0.412. The molecule has 0 saturated heterocycles. The maximum absolute atomic E-state index is 5.93. The van der Waals surface area contributed by atoms with Gasteiger partial charge in [0.1, 0.15) is 0 Å². The molecular formula is C12H17N5. The van der Waals surface area contributed by atoms with Crippen molar-refractivity contribution in [3.63, 3.8) is 0 Å². The van der Waals surface area contributed by atoms with E-state index in [1.807, 2.05) is 43.6 Å². The number of nitrogen functional groups attached to an aromatic ring is 1. The summed E-state index contributed by atoms with van der Waals surface area (Å²) in [5.74, 6) is 5.59. The van der Waals surface area contributed by atoms with Crippen LogP contribution in [0, 0.1) is 0 Å². The van der Waals surface area contributed by atoms with Gasteiger partial charge in [0, 0.05) is 25.4 Å². The molecule has 1 atom stereocenters. The van der Waals surface area contributed by atoms with Crippen LogP contribution >= 0.6 is 0 Å². The van der Waals surface area contributed by atoms with Crippen molar-refractivity contribution < 1.29 is 0 Å². The monoisotopic (exact) mass is 231 g/mol. The zero-order valence-electron chi connectivity index (χ0n) is 9.80. The average molecular weight is 231 g/mol. The smallest absolute Gasteiger partial charge is 0.0643 e. The molecule has 2 rings (SSSR count). The summed E-state index contributed by atoms with van der Waals surface area (Å²) < 4.78 is 1.78. The molecule has 5 N–H and O–H groups in total. The first-order valence-electron chi connectivity index (χ1n) is 5.49. The van der Waals surface area contributed by atoms with Crippen molar-refractivity contribution in [2.45, 2.75) is 12.5 Å². The number of hydrogen-bond acceptors (Lipinski definition) is 4. The molecule has 0 radical (unpaired) electrons. The van der Waals surface area contributed by atoms with Gasteiger partial charge < -0.3 is 5.73 Å². The van der Waals surface area contributed by atoms with E-state index >= 15 is 0 Å². The largest absolute Gasteiger partial charge is 0.398 e. The van der Waals surface area contributed by atoms with Crippen LogP contribution in [0.5, 0.6) is 0 Å². The van der Waals surface area contributed by atoms with Crippen molar-refractivity contribution in [1.29, 1.82) is 0 Å². The Bertz CT molecular complexity index is 491. The standard InChI is InChI=1S/C12H17N5/c1-17-7-6-9(16-17)8-12(15-14)10-4-2-3-5-11(10)13/h2-7,12,15H,8,13-14H2,1H3. The fourth-order valence-corrected chi connectivity index (χ4v) is 1.87. The van der Waals surface area contributed by atoms with Crippen molar-refractivity contribution in [2.24, 2.45) is 12.9 Å². The Morgan fingerprint density at radius 1 is 1.35 bits per heavy atom. The van der Waals surface area contributed by atoms with Crippen LogP contribution in [0.15, 0.2) is 36.5 Å². The van der Waals surface area contributed by atoms with Gasteiger partial charge in [-0.25, -0.2) is 0 Å². The van der Waals surface area contributed by atoms with E-state index in [2.05, 4.69) is 10.5 Å². The van der Waals surface area contributed by atoms with Gasteiger partial charge in [0.2, 0.25) is 0 Å². The van der Waals surface area contributed by atoms with E-state index in [4.69, 9.17) is 11.6 Å². The predicted molar refractivity (Wildman–Crippen MR) is 67.8 cm³/mol. The summed E-state index contributed by atoms with van der Waals surface area (Å²) in [6, 6.07) is 9.66. The Balaban J connectivity index is 2.20. The highest BCUT2D eigenvalue weighted by Crippen LogP contribution is 2.22. The molecule has 0 aliphatic rings. The van der Waals surface area contributed by atoms with E-state index in [1.165, 1.54) is 0 Å². The number of anilines is 1. The summed E-state index contributed by atoms with van der Waals surface area (Å²) >= 11 is 0. The predicted octanol–water partition coefficient (Wildman–Crippen LogP) is 0.749. The number of nitrogens with one attached hydrogen (secondary N) is 1. The van der Waals surface area contributed by atoms with Gasteiger partial charge in [-0.2, -0.15) is 5.10 Å². The second-order valence-electron chi connectivity index (χ2n) is 4.03. The van der Waals surface area contributed by atoms with Gasteiger partial charge in [-0.05, 0) is 17.7 Å². The molecule has 17 heavy (non-hydrogen) atoms. The summed E-state index contributed by atoms with van der Waals surface area (Å²) in [5.41, 5.74) is 11.4. The Morgan fingerprint density at radius 3 is 2.71 bits per heavy atom. The molecule has 0 bridgehead atoms. The molecular weight excluding hydrogens is 214 g/mol. The lowest BCUT2D eigenvalue weighted by Crippen LogP contribution is -2.30. The molecule has 0 aliphatic carbocycles. The molecule has 1 heterocycles. The van der Waals surface area contributed by atoms with Gasteiger partial charge in [-0.3, -0.25) is 16.0 Å². The van der Waals surface area contributed by atoms with Gasteiger partial charge >= 0.3 is 0 Å². The highest BCUT2D eigenvalue weighted by atomic mass is 15.3. The Kier molecular flexibility index (Phi) is 3.41. The molecule has 0 saturated carbocycles. The van der Waals surface area contributed by atoms with Crippen LogP contribution in [0.1, 0.15) is 17.3 Å². The van der Waals surface area contributed by atoms with E-state index in [0.717, 1.165) is 16.9 Å². The summed E-state index contributed by atoms with van der Waals surface area (Å²) in [6.07, 6.45) is 2.63. The molecule has 2 aromatic rings. The molecule has 90 valence electrons. The maximum atomic E-state index is 5.93. The zero-order chi connectivity index (χ0) is 12.3. The van der Waals surface area contributed by atoms with Crippen LogP contribution in [0.2, 0.25) is 0 Å². The third-order valence-electron chi connectivity index (χ3n) is 2.75. The first-order chi connectivity index (χ1) is 8.20. The Labute approximate surface area is 100 Å². The van der Waals surface area contributed by atoms with Crippen molar-refractivity contribution >= 4 is 5.69 Å². The van der Waals surface area contributed by atoms with Crippen LogP contribution in [0.25, 0.3) is 0 Å². The van der Waals surface area contributed by atoms with E-state index in [0.29, 0.717) is 6.42 Å². The number of nitrogens with zero attached hydrogens (tertiary/aromatic N) is 2. The third-order valence-corrected chi connectivity index (χ3v) is 2.75. The number of aryl methyl sites for hydroxylation is 1. The fraction of sp³-hybridized carbons (Fsp3) is 0.250. The van der Waals surface area contributed by atoms with Crippen LogP contribution in [0.4, 0.5) is 5.69 Å². The van der Waals surface area contributed by atoms with Gasteiger partial charge in [-0.15, -0.1) is 0 Å². The SMILES string of the molecule is Cn1ccc(CC(NN)c2ccccc2N)n1. The Morgan fingerprint density at radius 2 is 2.12 bits per heavy atom. The molecule has 0 spiro atoms. The number of benzene rings is 1. The van der Waals surface area contributed by atoms with Crippen molar-refractivity contribution in [1.82, 2.24) is 15.2 Å². The summed E-state index contributed by atoms with van der Waals surface area (Å²) in [7, 11) is 1.89. The van der Waals surface area contributed by atoms with Crippen molar-refractivity contribution in [2.75, 3.05) is 5.73 Å². The average Bonchev–Trinajstić information content (AvgIpc) is 2.73. The van der Waals surface area contributed by atoms with E-state index in [1.54, 1.807) is 4.68 Å². The number of para-hydroxylation sites is 1. The van der Waals surface area contributed by atoms with Crippen LogP contribution in [0.3, 0.4) is 0 Å². The van der Waals surface area contributed by atoms with Gasteiger partial charge in [0.05, 0.1) is 11.7 Å². The summed E-state index contributed by atoms with van der Waals surface area (Å²) in [4.78, 5) is 0. The first kappa shape index (κ1) is 11.6. The normalized spacial score (nSPS) is 12.6. The molecule has 5 heteroatoms. The van der Waals surface area contributed by atoms with Crippen LogP contribution < -0.4 is 17.0 Å². The topological polar surface area (TPSA) is 81.9 Å². The highest BCUT2D eigenvalue weighted by Gasteiger charge is 2.14. The third kappa shape index (κ3) is 2.64. The minimum Gasteiger partial charge on any atom is -0.398 e. The molecule has 0 aliphatic heterocycles. The molecule has 1 aromatic carbocycles.